The first-order valence-corrected chi connectivity index (χ1v) is 4.39. The normalized spacial score (nSPS) is 12.4. The minimum absolute atomic E-state index is 0.349. The summed E-state index contributed by atoms with van der Waals surface area (Å²) in [5.41, 5.74) is 1.18. The molecule has 1 aromatic heterocycles. The number of terminal acetylenes is 1. The summed E-state index contributed by atoms with van der Waals surface area (Å²) in [5, 5.41) is 7.37. The van der Waals surface area contributed by atoms with E-state index in [1.165, 1.54) is 5.56 Å². The maximum atomic E-state index is 5.12. The second-order valence-electron chi connectivity index (χ2n) is 3.18. The molecule has 3 nitrogen and oxygen atoms in total. The van der Waals surface area contributed by atoms with Crippen LogP contribution in [0.5, 0.6) is 0 Å². The second-order valence-corrected chi connectivity index (χ2v) is 3.18. The molecule has 0 saturated heterocycles. The van der Waals surface area contributed by atoms with E-state index in [1.54, 1.807) is 0 Å². The molecule has 0 bridgehead atoms. The molecule has 1 rings (SSSR count). The number of nitrogens with zero attached hydrogens (tertiary/aromatic N) is 2. The molecule has 1 atom stereocenters. The van der Waals surface area contributed by atoms with Gasteiger partial charge in [-0.05, 0) is 19.4 Å². The van der Waals surface area contributed by atoms with Crippen LogP contribution in [0.1, 0.15) is 18.5 Å². The van der Waals surface area contributed by atoms with E-state index >= 15 is 0 Å². The average molecular weight is 177 g/mol. The molecule has 0 aliphatic rings. The summed E-state index contributed by atoms with van der Waals surface area (Å²) in [6.07, 6.45) is 9.01. The Hall–Kier alpha value is -1.27. The number of hydrogen-bond donors (Lipinski definition) is 1. The van der Waals surface area contributed by atoms with Crippen molar-refractivity contribution in [3.8, 4) is 12.3 Å². The first kappa shape index (κ1) is 9.82. The number of hydrogen-bond acceptors (Lipinski definition) is 2. The number of rotatable bonds is 4. The molecule has 1 heterocycles. The van der Waals surface area contributed by atoms with Gasteiger partial charge in [0.2, 0.25) is 0 Å². The maximum Gasteiger partial charge on any atom is 0.0615 e. The van der Waals surface area contributed by atoms with Crippen LogP contribution in [0.25, 0.3) is 0 Å². The summed E-state index contributed by atoms with van der Waals surface area (Å²) in [5.74, 6) is 2.54. The number of aromatic nitrogens is 2. The fourth-order valence-electron chi connectivity index (χ4n) is 1.12. The smallest absolute Gasteiger partial charge is 0.0615 e. The van der Waals surface area contributed by atoms with Crippen LogP contribution in [-0.2, 0) is 0 Å². The minimum Gasteiger partial charge on any atom is -0.304 e. The van der Waals surface area contributed by atoms with E-state index in [9.17, 15) is 0 Å². The summed E-state index contributed by atoms with van der Waals surface area (Å²) in [7, 11) is 0. The summed E-state index contributed by atoms with van der Waals surface area (Å²) in [6.45, 7) is 5.61. The Morgan fingerprint density at radius 3 is 3.08 bits per heavy atom. The highest BCUT2D eigenvalue weighted by molar-refractivity contribution is 5.00. The van der Waals surface area contributed by atoms with Crippen LogP contribution in [0.3, 0.4) is 0 Å². The van der Waals surface area contributed by atoms with Crippen LogP contribution in [0, 0.1) is 19.3 Å². The van der Waals surface area contributed by atoms with Gasteiger partial charge in [0.1, 0.15) is 0 Å². The van der Waals surface area contributed by atoms with Gasteiger partial charge in [-0.1, -0.05) is 5.92 Å². The molecule has 1 aromatic rings. The first-order chi connectivity index (χ1) is 6.24. The fourth-order valence-corrected chi connectivity index (χ4v) is 1.12. The fraction of sp³-hybridized carbons (Fsp3) is 0.500. The van der Waals surface area contributed by atoms with Gasteiger partial charge < -0.3 is 5.32 Å². The van der Waals surface area contributed by atoms with Crippen LogP contribution < -0.4 is 5.32 Å². The predicted molar refractivity (Wildman–Crippen MR) is 53.4 cm³/mol. The minimum atomic E-state index is 0.349. The average Bonchev–Trinajstić information content (AvgIpc) is 2.52. The highest BCUT2D eigenvalue weighted by Gasteiger charge is 2.03. The Morgan fingerprint density at radius 1 is 1.77 bits per heavy atom. The van der Waals surface area contributed by atoms with Crippen LogP contribution in [0.2, 0.25) is 0 Å². The molecule has 0 radical (unpaired) electrons. The van der Waals surface area contributed by atoms with E-state index in [0.29, 0.717) is 12.6 Å². The van der Waals surface area contributed by atoms with Crippen molar-refractivity contribution in [2.45, 2.75) is 19.9 Å². The van der Waals surface area contributed by atoms with Crippen LogP contribution in [0.15, 0.2) is 12.4 Å². The predicted octanol–water partition coefficient (Wildman–Crippen LogP) is 0.975. The van der Waals surface area contributed by atoms with Gasteiger partial charge in [0.25, 0.3) is 0 Å². The summed E-state index contributed by atoms with van der Waals surface area (Å²) < 4.78 is 1.94. The second kappa shape index (κ2) is 4.68. The Bertz CT molecular complexity index is 295. The van der Waals surface area contributed by atoms with Gasteiger partial charge in [-0.25, -0.2) is 0 Å². The van der Waals surface area contributed by atoms with Crippen LogP contribution >= 0.6 is 0 Å². The third kappa shape index (κ3) is 2.92. The molecule has 0 aromatic carbocycles. The van der Waals surface area contributed by atoms with Crippen LogP contribution in [0.4, 0.5) is 0 Å². The van der Waals surface area contributed by atoms with E-state index < -0.39 is 0 Å². The molecule has 1 unspecified atom stereocenters. The molecular weight excluding hydrogens is 162 g/mol. The van der Waals surface area contributed by atoms with Gasteiger partial charge in [-0.3, -0.25) is 4.68 Å². The van der Waals surface area contributed by atoms with Crippen molar-refractivity contribution >= 4 is 0 Å². The van der Waals surface area contributed by atoms with E-state index in [4.69, 9.17) is 6.42 Å². The van der Waals surface area contributed by atoms with E-state index in [2.05, 4.69) is 23.3 Å². The molecule has 0 saturated carbocycles. The standard InChI is InChI=1S/C10H15N3/c1-4-5-11-7-10(3)13-8-9(2)6-12-13/h1,6,8,10-11H,5,7H2,2-3H3. The zero-order chi connectivity index (χ0) is 9.68. The molecule has 3 heteroatoms. The quantitative estimate of drug-likeness (QED) is 0.548. The highest BCUT2D eigenvalue weighted by atomic mass is 15.3. The zero-order valence-electron chi connectivity index (χ0n) is 8.12. The Morgan fingerprint density at radius 2 is 2.54 bits per heavy atom. The maximum absolute atomic E-state index is 5.12. The van der Waals surface area contributed by atoms with Crippen LogP contribution in [-0.4, -0.2) is 22.9 Å². The highest BCUT2D eigenvalue weighted by Crippen LogP contribution is 2.03. The zero-order valence-corrected chi connectivity index (χ0v) is 8.12. The van der Waals surface area contributed by atoms with E-state index in [0.717, 1.165) is 6.54 Å². The topological polar surface area (TPSA) is 29.9 Å². The third-order valence-electron chi connectivity index (χ3n) is 1.85. The molecule has 0 aliphatic heterocycles. The Balaban J connectivity index is 2.40. The molecule has 0 spiro atoms. The monoisotopic (exact) mass is 177 g/mol. The van der Waals surface area contributed by atoms with Crippen molar-refractivity contribution in [3.05, 3.63) is 18.0 Å². The van der Waals surface area contributed by atoms with E-state index in [-0.39, 0.29) is 0 Å². The molecule has 0 amide bonds. The van der Waals surface area contributed by atoms with Gasteiger partial charge in [0.15, 0.2) is 0 Å². The largest absolute Gasteiger partial charge is 0.304 e. The molecule has 1 N–H and O–H groups in total. The lowest BCUT2D eigenvalue weighted by atomic mass is 10.3. The van der Waals surface area contributed by atoms with Crippen molar-refractivity contribution in [1.29, 1.82) is 0 Å². The van der Waals surface area contributed by atoms with Gasteiger partial charge in [0.05, 0.1) is 18.8 Å². The third-order valence-corrected chi connectivity index (χ3v) is 1.85. The Labute approximate surface area is 79.1 Å². The van der Waals surface area contributed by atoms with Crippen molar-refractivity contribution in [1.82, 2.24) is 15.1 Å². The van der Waals surface area contributed by atoms with Crippen molar-refractivity contribution in [3.63, 3.8) is 0 Å². The van der Waals surface area contributed by atoms with Crippen molar-refractivity contribution in [2.75, 3.05) is 13.1 Å². The van der Waals surface area contributed by atoms with Gasteiger partial charge in [-0.15, -0.1) is 6.42 Å². The SMILES string of the molecule is C#CCNCC(C)n1cc(C)cn1. The van der Waals surface area contributed by atoms with Gasteiger partial charge in [0, 0.05) is 12.7 Å². The summed E-state index contributed by atoms with van der Waals surface area (Å²) in [4.78, 5) is 0. The summed E-state index contributed by atoms with van der Waals surface area (Å²) >= 11 is 0. The number of aryl methyl sites for hydroxylation is 1. The lowest BCUT2D eigenvalue weighted by molar-refractivity contribution is 0.465. The van der Waals surface area contributed by atoms with E-state index in [1.807, 2.05) is 24.0 Å². The van der Waals surface area contributed by atoms with Crippen molar-refractivity contribution in [2.24, 2.45) is 0 Å². The first-order valence-electron chi connectivity index (χ1n) is 4.39. The molecule has 70 valence electrons. The molecule has 0 fully saturated rings. The van der Waals surface area contributed by atoms with Gasteiger partial charge in [-0.2, -0.15) is 5.10 Å². The molecule has 13 heavy (non-hydrogen) atoms. The lowest BCUT2D eigenvalue weighted by Crippen LogP contribution is -2.24. The molecular formula is C10H15N3. The van der Waals surface area contributed by atoms with Crippen molar-refractivity contribution < 1.29 is 0 Å². The summed E-state index contributed by atoms with van der Waals surface area (Å²) in [6, 6.07) is 0.349. The Kier molecular flexibility index (Phi) is 3.53. The lowest BCUT2D eigenvalue weighted by Gasteiger charge is -2.11. The number of nitrogens with one attached hydrogen (secondary N) is 1. The van der Waals surface area contributed by atoms with Gasteiger partial charge >= 0.3 is 0 Å². The molecule has 0 aliphatic carbocycles.